The lowest BCUT2D eigenvalue weighted by Gasteiger charge is -2.34. The van der Waals surface area contributed by atoms with E-state index in [0.29, 0.717) is 29.9 Å². The number of ether oxygens (including phenoxy) is 1. The van der Waals surface area contributed by atoms with Crippen molar-refractivity contribution >= 4 is 54.7 Å². The average molecular weight is 596 g/mol. The van der Waals surface area contributed by atoms with Gasteiger partial charge >= 0.3 is 6.01 Å². The summed E-state index contributed by atoms with van der Waals surface area (Å²) in [6, 6.07) is 7.38. The molecule has 2 aromatic heterocycles. The number of aromatic nitrogens is 2. The largest absolute Gasteiger partial charge is 0.462 e. The number of nitriles is 1. The Balaban J connectivity index is 1.41. The normalized spacial score (nSPS) is 22.6. The fraction of sp³-hybridized carbons (Fsp3) is 0.414. The molecule has 41 heavy (non-hydrogen) atoms. The van der Waals surface area contributed by atoms with Gasteiger partial charge in [0.1, 0.15) is 34.8 Å². The molecule has 3 aliphatic heterocycles. The highest BCUT2D eigenvalue weighted by Crippen LogP contribution is 2.46. The third kappa shape index (κ3) is 4.45. The Labute approximate surface area is 244 Å². The van der Waals surface area contributed by atoms with E-state index in [1.165, 1.54) is 12.1 Å². The smallest absolute Gasteiger partial charge is 0.319 e. The summed E-state index contributed by atoms with van der Waals surface area (Å²) in [7, 11) is 2.06. The fourth-order valence-electron chi connectivity index (χ4n) is 6.55. The first kappa shape index (κ1) is 26.6. The monoisotopic (exact) mass is 595 g/mol. The van der Waals surface area contributed by atoms with E-state index >= 15 is 4.39 Å². The average Bonchev–Trinajstić information content (AvgIpc) is 3.63. The highest BCUT2D eigenvalue weighted by molar-refractivity contribution is 7.23. The number of halogens is 3. The summed E-state index contributed by atoms with van der Waals surface area (Å²) in [6.45, 7) is 2.86. The van der Waals surface area contributed by atoms with E-state index in [0.717, 1.165) is 56.7 Å². The van der Waals surface area contributed by atoms with Crippen molar-refractivity contribution in [3.8, 4) is 23.2 Å². The van der Waals surface area contributed by atoms with Crippen LogP contribution in [0.4, 0.5) is 19.6 Å². The number of fused-ring (bicyclic) bond motifs is 4. The minimum atomic E-state index is -0.682. The Kier molecular flexibility index (Phi) is 6.62. The number of hydrogen-bond acceptors (Lipinski definition) is 9. The predicted octanol–water partition coefficient (Wildman–Crippen LogP) is 5.31. The summed E-state index contributed by atoms with van der Waals surface area (Å²) >= 11 is 7.76. The third-order valence-corrected chi connectivity index (χ3v) is 9.96. The molecule has 2 aromatic carbocycles. The molecule has 2 bridgehead atoms. The van der Waals surface area contributed by atoms with Crippen LogP contribution in [0.5, 0.6) is 6.01 Å². The van der Waals surface area contributed by atoms with E-state index in [2.05, 4.69) is 27.1 Å². The fourth-order valence-corrected chi connectivity index (χ4v) is 7.79. The number of likely N-dealkylation sites (tertiary alicyclic amines) is 1. The summed E-state index contributed by atoms with van der Waals surface area (Å²) < 4.78 is 37.8. The molecule has 12 heteroatoms. The topological polar surface area (TPSA) is 103 Å². The molecule has 3 aliphatic rings. The number of anilines is 2. The van der Waals surface area contributed by atoms with Crippen LogP contribution in [0.25, 0.3) is 32.1 Å². The van der Waals surface area contributed by atoms with Gasteiger partial charge in [0.2, 0.25) is 0 Å². The highest BCUT2D eigenvalue weighted by atomic mass is 35.5. The SMILES string of the molecule is CN1CCC[C@H]1COc1nc(N2CC3CC[C@@H](C2)N3)c2cc(Cl)c(-c3ccc(F)c4sc(N)c(C#N)c34)c(F)c2n1. The van der Waals surface area contributed by atoms with Crippen molar-refractivity contribution in [2.45, 2.75) is 43.8 Å². The molecule has 7 rings (SSSR count). The Morgan fingerprint density at radius 2 is 2.00 bits per heavy atom. The van der Waals surface area contributed by atoms with Crippen LogP contribution >= 0.6 is 22.9 Å². The van der Waals surface area contributed by atoms with Crippen molar-refractivity contribution in [2.24, 2.45) is 0 Å². The van der Waals surface area contributed by atoms with Crippen molar-refractivity contribution in [3.05, 3.63) is 40.4 Å². The summed E-state index contributed by atoms with van der Waals surface area (Å²) in [5.74, 6) is -0.638. The number of benzene rings is 2. The van der Waals surface area contributed by atoms with Crippen molar-refractivity contribution in [2.75, 3.05) is 43.9 Å². The van der Waals surface area contributed by atoms with Crippen LogP contribution < -0.4 is 20.7 Å². The molecule has 0 aliphatic carbocycles. The van der Waals surface area contributed by atoms with Gasteiger partial charge < -0.3 is 25.6 Å². The van der Waals surface area contributed by atoms with Crippen LogP contribution in [0.15, 0.2) is 18.2 Å². The number of likely N-dealkylation sites (N-methyl/N-ethyl adjacent to an activating group) is 1. The lowest BCUT2D eigenvalue weighted by atomic mass is 9.97. The highest BCUT2D eigenvalue weighted by Gasteiger charge is 2.35. The number of nitrogen functional groups attached to an aromatic ring is 1. The summed E-state index contributed by atoms with van der Waals surface area (Å²) in [5, 5.41) is 14.4. The van der Waals surface area contributed by atoms with Gasteiger partial charge in [0, 0.05) is 47.6 Å². The van der Waals surface area contributed by atoms with E-state index in [4.69, 9.17) is 27.1 Å². The van der Waals surface area contributed by atoms with Crippen molar-refractivity contribution in [1.82, 2.24) is 20.2 Å². The van der Waals surface area contributed by atoms with E-state index in [-0.39, 0.29) is 54.4 Å². The van der Waals surface area contributed by atoms with E-state index < -0.39 is 11.6 Å². The van der Waals surface area contributed by atoms with Gasteiger partial charge in [0.05, 0.1) is 15.3 Å². The maximum absolute atomic E-state index is 16.7. The maximum Gasteiger partial charge on any atom is 0.319 e. The van der Waals surface area contributed by atoms with Crippen LogP contribution in [-0.4, -0.2) is 66.3 Å². The minimum Gasteiger partial charge on any atom is -0.462 e. The summed E-state index contributed by atoms with van der Waals surface area (Å²) in [5.41, 5.74) is 6.52. The van der Waals surface area contributed by atoms with Crippen LogP contribution in [-0.2, 0) is 0 Å². The van der Waals surface area contributed by atoms with E-state index in [1.54, 1.807) is 6.07 Å². The Morgan fingerprint density at radius 1 is 1.22 bits per heavy atom. The first-order chi connectivity index (χ1) is 19.8. The van der Waals surface area contributed by atoms with Crippen LogP contribution in [0.3, 0.4) is 0 Å². The van der Waals surface area contributed by atoms with Gasteiger partial charge in [-0.15, -0.1) is 11.3 Å². The number of nitrogens with zero attached hydrogens (tertiary/aromatic N) is 5. The van der Waals surface area contributed by atoms with E-state index in [9.17, 15) is 9.65 Å². The molecule has 3 saturated heterocycles. The van der Waals surface area contributed by atoms with Gasteiger partial charge in [-0.25, -0.2) is 8.78 Å². The van der Waals surface area contributed by atoms with Gasteiger partial charge in [0.25, 0.3) is 0 Å². The lowest BCUT2D eigenvalue weighted by Crippen LogP contribution is -2.51. The quantitative estimate of drug-likeness (QED) is 0.320. The van der Waals surface area contributed by atoms with E-state index in [1.807, 2.05) is 6.07 Å². The molecule has 0 amide bonds. The van der Waals surface area contributed by atoms with Gasteiger partial charge in [0.15, 0.2) is 5.82 Å². The zero-order valence-electron chi connectivity index (χ0n) is 22.4. The molecule has 0 spiro atoms. The molecule has 0 saturated carbocycles. The van der Waals surface area contributed by atoms with Gasteiger partial charge in [-0.1, -0.05) is 17.7 Å². The molecule has 212 valence electrons. The molecular formula is C29H28ClF2N7OS. The molecule has 3 N–H and O–H groups in total. The second kappa shape index (κ2) is 10.2. The van der Waals surface area contributed by atoms with Crippen molar-refractivity contribution in [1.29, 1.82) is 5.26 Å². The van der Waals surface area contributed by atoms with Crippen molar-refractivity contribution in [3.63, 3.8) is 0 Å². The molecule has 1 unspecified atom stereocenters. The number of nitrogens with one attached hydrogen (secondary N) is 1. The third-order valence-electron chi connectivity index (χ3n) is 8.63. The number of thiophene rings is 1. The Bertz CT molecular complexity index is 1730. The van der Waals surface area contributed by atoms with Crippen molar-refractivity contribution < 1.29 is 13.5 Å². The number of rotatable bonds is 5. The Morgan fingerprint density at radius 3 is 2.71 bits per heavy atom. The number of hydrogen-bond donors (Lipinski definition) is 2. The first-order valence-electron chi connectivity index (χ1n) is 13.8. The zero-order valence-corrected chi connectivity index (χ0v) is 24.0. The lowest BCUT2D eigenvalue weighted by molar-refractivity contribution is 0.188. The second-order valence-electron chi connectivity index (χ2n) is 11.2. The molecule has 4 aromatic rings. The van der Waals surface area contributed by atoms with Crippen LogP contribution in [0.2, 0.25) is 5.02 Å². The second-order valence-corrected chi connectivity index (χ2v) is 12.6. The van der Waals surface area contributed by atoms with Crippen LogP contribution in [0.1, 0.15) is 31.2 Å². The molecular weight excluding hydrogens is 568 g/mol. The summed E-state index contributed by atoms with van der Waals surface area (Å²) in [4.78, 5) is 13.8. The minimum absolute atomic E-state index is 0.0324. The molecule has 3 atom stereocenters. The van der Waals surface area contributed by atoms with Gasteiger partial charge in [-0.3, -0.25) is 0 Å². The summed E-state index contributed by atoms with van der Waals surface area (Å²) in [6.07, 6.45) is 4.26. The van der Waals surface area contributed by atoms with Gasteiger partial charge in [-0.05, 0) is 57.0 Å². The molecule has 0 radical (unpaired) electrons. The number of nitrogens with two attached hydrogens (primary N) is 1. The Hall–Kier alpha value is -3.30. The van der Waals surface area contributed by atoms with Crippen LogP contribution in [0, 0.1) is 23.0 Å². The predicted molar refractivity (Wildman–Crippen MR) is 158 cm³/mol. The first-order valence-corrected chi connectivity index (χ1v) is 15.0. The number of piperazine rings is 1. The van der Waals surface area contributed by atoms with Gasteiger partial charge in [-0.2, -0.15) is 15.2 Å². The molecule has 8 nitrogen and oxygen atoms in total. The standard InChI is InChI=1S/C29H28ClF2N7OS/c1-38-8-2-3-16(38)13-40-29-36-25-18(28(37-29)39-11-14-4-5-15(12-39)35-14)9-20(30)23(24(25)32)17-6-7-21(31)26-22(17)19(10-33)27(34)41-26/h6-7,9,14-16,35H,2-5,8,11-13,34H2,1H3/t14-,15?,16-/m0/s1. The zero-order chi connectivity index (χ0) is 28.4. The maximum atomic E-state index is 16.7. The molecule has 3 fully saturated rings. The molecule has 5 heterocycles.